The summed E-state index contributed by atoms with van der Waals surface area (Å²) in [6, 6.07) is 7.57. The van der Waals surface area contributed by atoms with E-state index in [1.54, 1.807) is 12.3 Å². The van der Waals surface area contributed by atoms with Crippen LogP contribution in [0.15, 0.2) is 29.2 Å². The van der Waals surface area contributed by atoms with Gasteiger partial charge in [-0.3, -0.25) is 4.79 Å². The number of aryl methyl sites for hydroxylation is 2. The summed E-state index contributed by atoms with van der Waals surface area (Å²) >= 11 is 6.12. The first-order valence-electron chi connectivity index (χ1n) is 8.76. The Kier molecular flexibility index (Phi) is 7.49. The molecular formula is C19H23ClN4O2. The first-order chi connectivity index (χ1) is 12.6. The molecule has 0 unspecified atom stereocenters. The van der Waals surface area contributed by atoms with Gasteiger partial charge in [0.2, 0.25) is 0 Å². The van der Waals surface area contributed by atoms with Crippen LogP contribution < -0.4 is 15.6 Å². The van der Waals surface area contributed by atoms with Crippen LogP contribution in [-0.2, 0) is 13.0 Å². The summed E-state index contributed by atoms with van der Waals surface area (Å²) in [6.45, 7) is 5.68. The van der Waals surface area contributed by atoms with E-state index < -0.39 is 0 Å². The molecule has 1 aromatic heterocycles. The molecule has 1 heterocycles. The molecule has 6 nitrogen and oxygen atoms in total. The standard InChI is InChI=1S/C19H23ClN4O2/c1-3-9-24-19(25)18(20)16(13-23-24)22-8-5-10-26-17-7-6-14(12-21)11-15(17)4-2/h6-7,11,13,22H,3-5,8-10H2,1-2H3. The predicted molar refractivity (Wildman–Crippen MR) is 103 cm³/mol. The van der Waals surface area contributed by atoms with Gasteiger partial charge in [0.05, 0.1) is 30.1 Å². The number of hydrogen-bond donors (Lipinski definition) is 1. The third kappa shape index (κ3) is 4.99. The highest BCUT2D eigenvalue weighted by Gasteiger charge is 2.08. The van der Waals surface area contributed by atoms with Crippen LogP contribution in [-0.4, -0.2) is 22.9 Å². The number of benzene rings is 1. The van der Waals surface area contributed by atoms with Gasteiger partial charge < -0.3 is 10.1 Å². The van der Waals surface area contributed by atoms with Crippen LogP contribution in [0.5, 0.6) is 5.75 Å². The van der Waals surface area contributed by atoms with Crippen LogP contribution in [0.1, 0.15) is 37.8 Å². The predicted octanol–water partition coefficient (Wildman–Crippen LogP) is 3.62. The molecular weight excluding hydrogens is 352 g/mol. The number of nitriles is 1. The topological polar surface area (TPSA) is 79.9 Å². The lowest BCUT2D eigenvalue weighted by atomic mass is 10.1. The van der Waals surface area contributed by atoms with Crippen molar-refractivity contribution in [2.45, 2.75) is 39.7 Å². The highest BCUT2D eigenvalue weighted by atomic mass is 35.5. The molecule has 0 atom stereocenters. The first kappa shape index (κ1) is 19.8. The molecule has 1 aromatic carbocycles. The number of nitrogens with zero attached hydrogens (tertiary/aromatic N) is 3. The second kappa shape index (κ2) is 9.83. The molecule has 0 aliphatic carbocycles. The molecule has 0 fully saturated rings. The number of ether oxygens (including phenoxy) is 1. The van der Waals surface area contributed by atoms with E-state index in [-0.39, 0.29) is 10.6 Å². The highest BCUT2D eigenvalue weighted by Crippen LogP contribution is 2.21. The number of halogens is 1. The quantitative estimate of drug-likeness (QED) is 0.678. The van der Waals surface area contributed by atoms with E-state index >= 15 is 0 Å². The Hall–Kier alpha value is -2.52. The molecule has 1 N–H and O–H groups in total. The van der Waals surface area contributed by atoms with Crippen molar-refractivity contribution < 1.29 is 4.74 Å². The van der Waals surface area contributed by atoms with E-state index in [4.69, 9.17) is 21.6 Å². The van der Waals surface area contributed by atoms with Gasteiger partial charge in [0.1, 0.15) is 10.8 Å². The minimum absolute atomic E-state index is 0.162. The minimum atomic E-state index is -0.278. The summed E-state index contributed by atoms with van der Waals surface area (Å²) in [4.78, 5) is 12.1. The van der Waals surface area contributed by atoms with Crippen molar-refractivity contribution in [2.75, 3.05) is 18.5 Å². The average Bonchev–Trinajstić information content (AvgIpc) is 2.67. The Morgan fingerprint density at radius 2 is 2.19 bits per heavy atom. The Balaban J connectivity index is 1.86. The Morgan fingerprint density at radius 3 is 2.88 bits per heavy atom. The molecule has 2 rings (SSSR count). The molecule has 0 bridgehead atoms. The smallest absolute Gasteiger partial charge is 0.287 e. The zero-order valence-corrected chi connectivity index (χ0v) is 15.8. The van der Waals surface area contributed by atoms with Gasteiger partial charge in [0.25, 0.3) is 5.56 Å². The lowest BCUT2D eigenvalue weighted by Crippen LogP contribution is -2.24. The van der Waals surface area contributed by atoms with Gasteiger partial charge in [-0.1, -0.05) is 25.4 Å². The third-order valence-corrected chi connectivity index (χ3v) is 4.25. The zero-order chi connectivity index (χ0) is 18.9. The molecule has 7 heteroatoms. The number of anilines is 1. The average molecular weight is 375 g/mol. The van der Waals surface area contributed by atoms with Crippen LogP contribution >= 0.6 is 11.6 Å². The van der Waals surface area contributed by atoms with E-state index in [0.29, 0.717) is 30.9 Å². The van der Waals surface area contributed by atoms with Gasteiger partial charge in [-0.25, -0.2) is 4.68 Å². The van der Waals surface area contributed by atoms with Crippen molar-refractivity contribution in [2.24, 2.45) is 0 Å². The number of hydrogen-bond acceptors (Lipinski definition) is 5. The van der Waals surface area contributed by atoms with Crippen molar-refractivity contribution in [3.05, 3.63) is 50.9 Å². The molecule has 0 radical (unpaired) electrons. The monoisotopic (exact) mass is 374 g/mol. The van der Waals surface area contributed by atoms with Crippen molar-refractivity contribution in [1.29, 1.82) is 5.26 Å². The van der Waals surface area contributed by atoms with Gasteiger partial charge in [-0.2, -0.15) is 10.4 Å². The van der Waals surface area contributed by atoms with Gasteiger partial charge in [0.15, 0.2) is 0 Å². The van der Waals surface area contributed by atoms with E-state index in [2.05, 4.69) is 16.5 Å². The Labute approximate surface area is 158 Å². The molecule has 0 aliphatic heterocycles. The summed E-state index contributed by atoms with van der Waals surface area (Å²) in [5, 5.41) is 16.4. The van der Waals surface area contributed by atoms with Crippen LogP contribution in [0.2, 0.25) is 5.02 Å². The van der Waals surface area contributed by atoms with Crippen molar-refractivity contribution >= 4 is 17.3 Å². The van der Waals surface area contributed by atoms with Crippen molar-refractivity contribution in [3.8, 4) is 11.8 Å². The third-order valence-electron chi connectivity index (χ3n) is 3.88. The van der Waals surface area contributed by atoms with Crippen molar-refractivity contribution in [1.82, 2.24) is 9.78 Å². The van der Waals surface area contributed by atoms with Crippen LogP contribution in [0.3, 0.4) is 0 Å². The summed E-state index contributed by atoms with van der Waals surface area (Å²) in [5.74, 6) is 0.799. The SMILES string of the molecule is CCCn1ncc(NCCCOc2ccc(C#N)cc2CC)c(Cl)c1=O. The Morgan fingerprint density at radius 1 is 1.38 bits per heavy atom. The van der Waals surface area contributed by atoms with Crippen LogP contribution in [0.4, 0.5) is 5.69 Å². The van der Waals surface area contributed by atoms with Crippen LogP contribution in [0, 0.1) is 11.3 Å². The van der Waals surface area contributed by atoms with Gasteiger partial charge >= 0.3 is 0 Å². The molecule has 0 saturated heterocycles. The fourth-order valence-electron chi connectivity index (χ4n) is 2.50. The van der Waals surface area contributed by atoms with E-state index in [9.17, 15) is 4.79 Å². The van der Waals surface area contributed by atoms with Crippen LogP contribution in [0.25, 0.3) is 0 Å². The second-order valence-corrected chi connectivity index (χ2v) is 6.20. The molecule has 0 spiro atoms. The van der Waals surface area contributed by atoms with E-state index in [0.717, 1.165) is 30.6 Å². The number of aromatic nitrogens is 2. The molecule has 2 aromatic rings. The maximum absolute atomic E-state index is 12.1. The zero-order valence-electron chi connectivity index (χ0n) is 15.1. The fraction of sp³-hybridized carbons (Fsp3) is 0.421. The lowest BCUT2D eigenvalue weighted by molar-refractivity contribution is 0.312. The van der Waals surface area contributed by atoms with Gasteiger partial charge in [-0.15, -0.1) is 0 Å². The minimum Gasteiger partial charge on any atom is -0.493 e. The maximum atomic E-state index is 12.1. The van der Waals surface area contributed by atoms with Gasteiger partial charge in [0, 0.05) is 13.1 Å². The summed E-state index contributed by atoms with van der Waals surface area (Å²) in [7, 11) is 0. The number of nitrogens with one attached hydrogen (secondary N) is 1. The molecule has 0 aliphatic rings. The second-order valence-electron chi connectivity index (χ2n) is 5.82. The first-order valence-corrected chi connectivity index (χ1v) is 9.13. The maximum Gasteiger partial charge on any atom is 0.287 e. The largest absolute Gasteiger partial charge is 0.493 e. The highest BCUT2D eigenvalue weighted by molar-refractivity contribution is 6.32. The lowest BCUT2D eigenvalue weighted by Gasteiger charge is -2.12. The van der Waals surface area contributed by atoms with E-state index in [1.165, 1.54) is 4.68 Å². The summed E-state index contributed by atoms with van der Waals surface area (Å²) in [5.41, 5.74) is 1.91. The Bertz CT molecular complexity index is 842. The molecule has 138 valence electrons. The fourth-order valence-corrected chi connectivity index (χ4v) is 2.72. The summed E-state index contributed by atoms with van der Waals surface area (Å²) < 4.78 is 7.18. The van der Waals surface area contributed by atoms with Gasteiger partial charge in [-0.05, 0) is 43.0 Å². The molecule has 26 heavy (non-hydrogen) atoms. The molecule has 0 saturated carbocycles. The van der Waals surface area contributed by atoms with Crippen molar-refractivity contribution in [3.63, 3.8) is 0 Å². The number of rotatable bonds is 9. The normalized spacial score (nSPS) is 10.4. The summed E-state index contributed by atoms with van der Waals surface area (Å²) in [6.07, 6.45) is 3.94. The van der Waals surface area contributed by atoms with E-state index in [1.807, 2.05) is 26.0 Å². The molecule has 0 amide bonds.